The maximum Gasteiger partial charge on any atom is 0.233 e. The largest absolute Gasteiger partial charge is 0.390 e. The summed E-state index contributed by atoms with van der Waals surface area (Å²) in [6.45, 7) is 1.92. The summed E-state index contributed by atoms with van der Waals surface area (Å²) in [6, 6.07) is 7.53. The summed E-state index contributed by atoms with van der Waals surface area (Å²) in [5.41, 5.74) is 0.795. The van der Waals surface area contributed by atoms with Crippen molar-refractivity contribution < 1.29 is 14.7 Å². The molecule has 0 saturated heterocycles. The third-order valence-electron chi connectivity index (χ3n) is 6.18. The molecule has 3 N–H and O–H groups in total. The molecule has 25 heavy (non-hydrogen) atoms. The number of carbonyl (C=O) groups is 2. The maximum atomic E-state index is 12.5. The van der Waals surface area contributed by atoms with Gasteiger partial charge in [-0.15, -0.1) is 0 Å². The van der Waals surface area contributed by atoms with Crippen LogP contribution in [0.25, 0.3) is 0 Å². The SMILES string of the molecule is Cc1ccccc1NC(=O)CC(=O)NC12C[C@@H]3C[C@@H](CC(O)(C3)C1)C2. The standard InChI is InChI=1S/C20H26N2O3/c1-13-4-2-3-5-16(13)21-17(23)7-18(24)22-19-8-14-6-15(9-19)11-20(25,10-14)12-19/h2-5,14-15,25H,6-12H2,1H3,(H,21,23)(H,22,24)/t14-,15+,19?,20?. The molecule has 1 aromatic rings. The predicted octanol–water partition coefficient (Wildman–Crippen LogP) is 2.52. The molecule has 5 rings (SSSR count). The van der Waals surface area contributed by atoms with E-state index in [0.29, 0.717) is 18.3 Å². The second kappa shape index (κ2) is 5.84. The zero-order chi connectivity index (χ0) is 17.7. The van der Waals surface area contributed by atoms with Crippen molar-refractivity contribution in [2.75, 3.05) is 5.32 Å². The lowest BCUT2D eigenvalue weighted by molar-refractivity contribution is -0.151. The highest BCUT2D eigenvalue weighted by Gasteiger charge is 2.57. The number of anilines is 1. The monoisotopic (exact) mass is 342 g/mol. The van der Waals surface area contributed by atoms with E-state index in [1.54, 1.807) is 0 Å². The summed E-state index contributed by atoms with van der Waals surface area (Å²) in [7, 11) is 0. The van der Waals surface area contributed by atoms with Gasteiger partial charge in [0.25, 0.3) is 0 Å². The van der Waals surface area contributed by atoms with Crippen molar-refractivity contribution in [1.29, 1.82) is 0 Å². The first-order valence-corrected chi connectivity index (χ1v) is 9.24. The maximum absolute atomic E-state index is 12.5. The molecule has 4 bridgehead atoms. The topological polar surface area (TPSA) is 78.4 Å². The van der Waals surface area contributed by atoms with E-state index in [1.807, 2.05) is 31.2 Å². The minimum Gasteiger partial charge on any atom is -0.390 e. The number of amides is 2. The van der Waals surface area contributed by atoms with Crippen molar-refractivity contribution in [2.24, 2.45) is 11.8 Å². The highest BCUT2D eigenvalue weighted by molar-refractivity contribution is 6.04. The van der Waals surface area contributed by atoms with Gasteiger partial charge in [-0.2, -0.15) is 0 Å². The Kier molecular flexibility index (Phi) is 3.87. The quantitative estimate of drug-likeness (QED) is 0.736. The third kappa shape index (κ3) is 3.30. The summed E-state index contributed by atoms with van der Waals surface area (Å²) >= 11 is 0. The zero-order valence-corrected chi connectivity index (χ0v) is 14.7. The fraction of sp³-hybridized carbons (Fsp3) is 0.600. The molecular formula is C20H26N2O3. The second-order valence-electron chi connectivity index (χ2n) is 8.55. The molecule has 4 atom stereocenters. The highest BCUT2D eigenvalue weighted by Crippen LogP contribution is 2.57. The molecule has 5 heteroatoms. The Morgan fingerprint density at radius 3 is 2.44 bits per heavy atom. The molecule has 1 aromatic carbocycles. The van der Waals surface area contributed by atoms with Crippen LogP contribution in [0.3, 0.4) is 0 Å². The van der Waals surface area contributed by atoms with Crippen molar-refractivity contribution in [2.45, 2.75) is 63.0 Å². The Morgan fingerprint density at radius 2 is 1.80 bits per heavy atom. The lowest BCUT2D eigenvalue weighted by Crippen LogP contribution is -2.65. The molecule has 0 heterocycles. The molecule has 0 aromatic heterocycles. The second-order valence-corrected chi connectivity index (χ2v) is 8.55. The number of aliphatic hydroxyl groups is 1. The van der Waals surface area contributed by atoms with E-state index in [0.717, 1.165) is 36.9 Å². The predicted molar refractivity (Wildman–Crippen MR) is 94.9 cm³/mol. The fourth-order valence-electron chi connectivity index (χ4n) is 5.75. The fourth-order valence-corrected chi connectivity index (χ4v) is 5.75. The van der Waals surface area contributed by atoms with Gasteiger partial charge >= 0.3 is 0 Å². The van der Waals surface area contributed by atoms with Gasteiger partial charge in [0.1, 0.15) is 6.42 Å². The number of nitrogens with one attached hydrogen (secondary N) is 2. The first-order chi connectivity index (χ1) is 11.8. The van der Waals surface area contributed by atoms with Crippen molar-refractivity contribution in [3.8, 4) is 0 Å². The Morgan fingerprint density at radius 1 is 1.12 bits per heavy atom. The van der Waals surface area contributed by atoms with Gasteiger partial charge in [0.15, 0.2) is 0 Å². The van der Waals surface area contributed by atoms with E-state index < -0.39 is 5.60 Å². The molecule has 4 aliphatic rings. The molecule has 0 spiro atoms. The number of para-hydroxylation sites is 1. The zero-order valence-electron chi connectivity index (χ0n) is 14.7. The van der Waals surface area contributed by atoms with Crippen molar-refractivity contribution in [1.82, 2.24) is 5.32 Å². The van der Waals surface area contributed by atoms with Crippen LogP contribution in [0.2, 0.25) is 0 Å². The lowest BCUT2D eigenvalue weighted by atomic mass is 9.51. The van der Waals surface area contributed by atoms with Gasteiger partial charge < -0.3 is 15.7 Å². The van der Waals surface area contributed by atoms with Crippen LogP contribution in [0.4, 0.5) is 5.69 Å². The average Bonchev–Trinajstić information content (AvgIpc) is 2.46. The molecule has 134 valence electrons. The van der Waals surface area contributed by atoms with E-state index in [-0.39, 0.29) is 23.8 Å². The van der Waals surface area contributed by atoms with Gasteiger partial charge in [-0.1, -0.05) is 18.2 Å². The van der Waals surface area contributed by atoms with Gasteiger partial charge in [0.2, 0.25) is 11.8 Å². The summed E-state index contributed by atoms with van der Waals surface area (Å²) < 4.78 is 0. The van der Waals surface area contributed by atoms with Crippen LogP contribution >= 0.6 is 0 Å². The van der Waals surface area contributed by atoms with Crippen LogP contribution in [0, 0.1) is 18.8 Å². The minimum absolute atomic E-state index is 0.177. The van der Waals surface area contributed by atoms with Crippen LogP contribution < -0.4 is 10.6 Å². The van der Waals surface area contributed by atoms with E-state index >= 15 is 0 Å². The molecule has 0 radical (unpaired) electrons. The number of aryl methyl sites for hydroxylation is 1. The number of carbonyl (C=O) groups excluding carboxylic acids is 2. The van der Waals surface area contributed by atoms with E-state index in [9.17, 15) is 14.7 Å². The normalized spacial score (nSPS) is 35.4. The van der Waals surface area contributed by atoms with E-state index in [1.165, 1.54) is 6.42 Å². The molecule has 2 unspecified atom stereocenters. The Labute approximate surface area is 148 Å². The molecule has 4 fully saturated rings. The van der Waals surface area contributed by atoms with Crippen LogP contribution in [-0.4, -0.2) is 28.1 Å². The average molecular weight is 342 g/mol. The first kappa shape index (κ1) is 16.6. The van der Waals surface area contributed by atoms with Crippen molar-refractivity contribution in [3.63, 3.8) is 0 Å². The van der Waals surface area contributed by atoms with E-state index in [2.05, 4.69) is 10.6 Å². The molecule has 4 saturated carbocycles. The van der Waals surface area contributed by atoms with Crippen molar-refractivity contribution >= 4 is 17.5 Å². The van der Waals surface area contributed by atoms with Gasteiger partial charge in [-0.05, 0) is 68.9 Å². The molecule has 2 amide bonds. The summed E-state index contributed by atoms with van der Waals surface area (Å²) in [4.78, 5) is 24.7. The molecule has 5 nitrogen and oxygen atoms in total. The third-order valence-corrected chi connectivity index (χ3v) is 6.18. The number of rotatable bonds is 4. The van der Waals surface area contributed by atoms with Crippen molar-refractivity contribution in [3.05, 3.63) is 29.8 Å². The molecular weight excluding hydrogens is 316 g/mol. The van der Waals surface area contributed by atoms with Crippen LogP contribution in [0.1, 0.15) is 50.5 Å². The number of hydrogen-bond donors (Lipinski definition) is 3. The minimum atomic E-state index is -0.610. The summed E-state index contributed by atoms with van der Waals surface area (Å²) in [5, 5.41) is 16.7. The lowest BCUT2D eigenvalue weighted by Gasteiger charge is -2.60. The summed E-state index contributed by atoms with van der Waals surface area (Å²) in [5.74, 6) is 0.478. The number of benzene rings is 1. The summed E-state index contributed by atoms with van der Waals surface area (Å²) in [6.07, 6.45) is 5.26. The van der Waals surface area contributed by atoms with Gasteiger partial charge in [-0.25, -0.2) is 0 Å². The Hall–Kier alpha value is -1.88. The van der Waals surface area contributed by atoms with Crippen LogP contribution in [0.15, 0.2) is 24.3 Å². The van der Waals surface area contributed by atoms with Gasteiger partial charge in [0, 0.05) is 11.2 Å². The molecule has 0 aliphatic heterocycles. The van der Waals surface area contributed by atoms with Gasteiger partial charge in [-0.3, -0.25) is 9.59 Å². The van der Waals surface area contributed by atoms with Crippen LogP contribution in [-0.2, 0) is 9.59 Å². The molecule has 4 aliphatic carbocycles. The van der Waals surface area contributed by atoms with Gasteiger partial charge in [0.05, 0.1) is 5.60 Å². The van der Waals surface area contributed by atoms with E-state index in [4.69, 9.17) is 0 Å². The number of hydrogen-bond acceptors (Lipinski definition) is 3. The Bertz CT molecular complexity index is 701. The van der Waals surface area contributed by atoms with Crippen LogP contribution in [0.5, 0.6) is 0 Å². The Balaban J connectivity index is 1.38. The highest BCUT2D eigenvalue weighted by atomic mass is 16.3. The first-order valence-electron chi connectivity index (χ1n) is 9.24. The smallest absolute Gasteiger partial charge is 0.233 e.